The van der Waals surface area contributed by atoms with Crippen molar-refractivity contribution in [2.24, 2.45) is 5.41 Å². The molecule has 1 aromatic rings. The maximum atomic E-state index is 12.4. The molecule has 8 heteroatoms. The van der Waals surface area contributed by atoms with Crippen molar-refractivity contribution in [2.75, 3.05) is 13.1 Å². The Bertz CT molecular complexity index is 674. The van der Waals surface area contributed by atoms with E-state index in [1.807, 2.05) is 20.8 Å². The Morgan fingerprint density at radius 3 is 2.59 bits per heavy atom. The van der Waals surface area contributed by atoms with Gasteiger partial charge in [-0.1, -0.05) is 25.9 Å². The largest absolute Gasteiger partial charge is 0.481 e. The molecule has 1 unspecified atom stereocenters. The number of sulfonamides is 1. The molecule has 2 rings (SSSR count). The van der Waals surface area contributed by atoms with Gasteiger partial charge in [-0.15, -0.1) is 0 Å². The maximum absolute atomic E-state index is 12.4. The predicted octanol–water partition coefficient (Wildman–Crippen LogP) is 1.60. The zero-order valence-electron chi connectivity index (χ0n) is 13.3. The van der Waals surface area contributed by atoms with Crippen molar-refractivity contribution in [3.8, 4) is 0 Å². The average Bonchev–Trinajstić information content (AvgIpc) is 2.95. The Morgan fingerprint density at radius 2 is 2.14 bits per heavy atom. The smallest absolute Gasteiger partial charge is 0.310 e. The van der Waals surface area contributed by atoms with E-state index in [4.69, 9.17) is 4.52 Å². The van der Waals surface area contributed by atoms with Crippen LogP contribution in [0.25, 0.3) is 0 Å². The van der Waals surface area contributed by atoms with E-state index in [0.29, 0.717) is 17.9 Å². The van der Waals surface area contributed by atoms with Crippen molar-refractivity contribution in [3.63, 3.8) is 0 Å². The lowest BCUT2D eigenvalue weighted by Gasteiger charge is -2.19. The summed E-state index contributed by atoms with van der Waals surface area (Å²) < 4.78 is 31.3. The summed E-state index contributed by atoms with van der Waals surface area (Å²) in [4.78, 5) is 11.2. The minimum absolute atomic E-state index is 0.00531. The highest BCUT2D eigenvalue weighted by Crippen LogP contribution is 2.32. The average molecular weight is 330 g/mol. The Kier molecular flexibility index (Phi) is 4.12. The molecule has 0 radical (unpaired) electrons. The second kappa shape index (κ2) is 5.34. The molecule has 0 aromatic carbocycles. The van der Waals surface area contributed by atoms with Gasteiger partial charge >= 0.3 is 5.97 Å². The standard InChI is InChI=1S/C14H22N2O5S/c1-13(2,3)11-7-10(15-21-11)8-22(19,20)16-6-5-14(4,9-16)12(17)18/h7H,5-6,8-9H2,1-4H3,(H,17,18). The molecule has 0 bridgehead atoms. The molecule has 0 spiro atoms. The monoisotopic (exact) mass is 330 g/mol. The van der Waals surface area contributed by atoms with Gasteiger partial charge in [-0.2, -0.15) is 0 Å². The van der Waals surface area contributed by atoms with E-state index in [2.05, 4.69) is 5.16 Å². The highest BCUT2D eigenvalue weighted by Gasteiger charge is 2.44. The summed E-state index contributed by atoms with van der Waals surface area (Å²) in [7, 11) is -3.60. The molecule has 22 heavy (non-hydrogen) atoms. The number of aromatic nitrogens is 1. The zero-order valence-corrected chi connectivity index (χ0v) is 14.1. The lowest BCUT2D eigenvalue weighted by Crippen LogP contribution is -2.35. The van der Waals surface area contributed by atoms with E-state index in [1.165, 1.54) is 4.31 Å². The van der Waals surface area contributed by atoms with Gasteiger partial charge in [0.05, 0.1) is 5.41 Å². The number of carbonyl (C=O) groups is 1. The SMILES string of the molecule is CC1(C(=O)O)CCN(S(=O)(=O)Cc2cc(C(C)(C)C)on2)C1. The van der Waals surface area contributed by atoms with Crippen LogP contribution < -0.4 is 0 Å². The van der Waals surface area contributed by atoms with Gasteiger partial charge in [0, 0.05) is 24.6 Å². The molecule has 1 saturated heterocycles. The zero-order chi connectivity index (χ0) is 16.8. The Balaban J connectivity index is 2.13. The molecule has 7 nitrogen and oxygen atoms in total. The molecule has 1 aliphatic heterocycles. The van der Waals surface area contributed by atoms with Gasteiger partial charge in [0.1, 0.15) is 17.2 Å². The van der Waals surface area contributed by atoms with Gasteiger partial charge in [-0.25, -0.2) is 12.7 Å². The first-order chi connectivity index (χ1) is 9.94. The van der Waals surface area contributed by atoms with Gasteiger partial charge in [0.15, 0.2) is 0 Å². The number of hydrogen-bond donors (Lipinski definition) is 1. The maximum Gasteiger partial charge on any atom is 0.310 e. The fourth-order valence-electron chi connectivity index (χ4n) is 2.34. The van der Waals surface area contributed by atoms with Gasteiger partial charge in [-0.05, 0) is 13.3 Å². The molecular formula is C14H22N2O5S. The molecular weight excluding hydrogens is 308 g/mol. The summed E-state index contributed by atoms with van der Waals surface area (Å²) in [5.41, 5.74) is -0.924. The summed E-state index contributed by atoms with van der Waals surface area (Å²) in [6.45, 7) is 7.63. The van der Waals surface area contributed by atoms with Crippen LogP contribution in [0, 0.1) is 5.41 Å². The number of carboxylic acids is 1. The second-order valence-electron chi connectivity index (χ2n) is 7.14. The molecule has 0 saturated carbocycles. The Morgan fingerprint density at radius 1 is 1.50 bits per heavy atom. The predicted molar refractivity (Wildman–Crippen MR) is 79.8 cm³/mol. The molecule has 2 heterocycles. The first-order valence-electron chi connectivity index (χ1n) is 7.11. The van der Waals surface area contributed by atoms with Crippen molar-refractivity contribution in [2.45, 2.75) is 45.3 Å². The van der Waals surface area contributed by atoms with E-state index in [1.54, 1.807) is 13.0 Å². The Labute approximate surface area is 130 Å². The van der Waals surface area contributed by atoms with Crippen LogP contribution in [0.5, 0.6) is 0 Å². The van der Waals surface area contributed by atoms with Crippen LogP contribution in [0.3, 0.4) is 0 Å². The minimum Gasteiger partial charge on any atom is -0.481 e. The summed E-state index contributed by atoms with van der Waals surface area (Å²) in [5.74, 6) is -0.626. The topological polar surface area (TPSA) is 101 Å². The first-order valence-corrected chi connectivity index (χ1v) is 8.72. The Hall–Kier alpha value is -1.41. The van der Waals surface area contributed by atoms with Crippen LogP contribution in [0.15, 0.2) is 10.6 Å². The fraction of sp³-hybridized carbons (Fsp3) is 0.714. The van der Waals surface area contributed by atoms with Crippen molar-refractivity contribution >= 4 is 16.0 Å². The normalized spacial score (nSPS) is 23.8. The third-order valence-electron chi connectivity index (χ3n) is 3.98. The van der Waals surface area contributed by atoms with Gasteiger partial charge in [0.25, 0.3) is 0 Å². The molecule has 0 aliphatic carbocycles. The van der Waals surface area contributed by atoms with Crippen LogP contribution in [-0.2, 0) is 26.0 Å². The van der Waals surface area contributed by atoms with Gasteiger partial charge in [-0.3, -0.25) is 4.79 Å². The van der Waals surface area contributed by atoms with E-state index >= 15 is 0 Å². The number of rotatable bonds is 4. The van der Waals surface area contributed by atoms with Crippen LogP contribution in [0.2, 0.25) is 0 Å². The quantitative estimate of drug-likeness (QED) is 0.900. The number of carboxylic acid groups (broad SMARTS) is 1. The van der Waals surface area contributed by atoms with E-state index in [-0.39, 0.29) is 24.3 Å². The van der Waals surface area contributed by atoms with Gasteiger partial charge < -0.3 is 9.63 Å². The second-order valence-corrected chi connectivity index (χ2v) is 9.11. The molecule has 1 aromatic heterocycles. The van der Waals surface area contributed by atoms with Crippen LogP contribution in [0.4, 0.5) is 0 Å². The van der Waals surface area contributed by atoms with Gasteiger partial charge in [0.2, 0.25) is 10.0 Å². The van der Waals surface area contributed by atoms with E-state index in [0.717, 1.165) is 0 Å². The van der Waals surface area contributed by atoms with E-state index < -0.39 is 21.4 Å². The van der Waals surface area contributed by atoms with Crippen molar-refractivity contribution in [1.29, 1.82) is 0 Å². The lowest BCUT2D eigenvalue weighted by molar-refractivity contribution is -0.146. The highest BCUT2D eigenvalue weighted by atomic mass is 32.2. The number of nitrogens with zero attached hydrogens (tertiary/aromatic N) is 2. The first kappa shape index (κ1) is 17.0. The molecule has 0 amide bonds. The van der Waals surface area contributed by atoms with Crippen LogP contribution in [-0.4, -0.2) is 42.0 Å². The fourth-order valence-corrected chi connectivity index (χ4v) is 3.89. The molecule has 1 aliphatic rings. The third-order valence-corrected chi connectivity index (χ3v) is 5.74. The van der Waals surface area contributed by atoms with Crippen molar-refractivity contribution in [3.05, 3.63) is 17.5 Å². The summed E-state index contributed by atoms with van der Waals surface area (Å²) in [6, 6.07) is 1.64. The molecule has 1 atom stereocenters. The number of aliphatic carboxylic acids is 1. The van der Waals surface area contributed by atoms with E-state index in [9.17, 15) is 18.3 Å². The third kappa shape index (κ3) is 3.33. The lowest BCUT2D eigenvalue weighted by atomic mass is 9.90. The van der Waals surface area contributed by atoms with Crippen molar-refractivity contribution < 1.29 is 22.8 Å². The number of hydrogen-bond acceptors (Lipinski definition) is 5. The minimum atomic E-state index is -3.60. The summed E-state index contributed by atoms with van der Waals surface area (Å²) >= 11 is 0. The summed E-state index contributed by atoms with van der Waals surface area (Å²) in [5, 5.41) is 13.0. The van der Waals surface area contributed by atoms with Crippen molar-refractivity contribution in [1.82, 2.24) is 9.46 Å². The molecule has 124 valence electrons. The molecule has 1 fully saturated rings. The van der Waals surface area contributed by atoms with Crippen LogP contribution in [0.1, 0.15) is 45.6 Å². The van der Waals surface area contributed by atoms with Crippen LogP contribution >= 0.6 is 0 Å². The molecule has 1 N–H and O–H groups in total. The summed E-state index contributed by atoms with van der Waals surface area (Å²) in [6.07, 6.45) is 0.313. The highest BCUT2D eigenvalue weighted by molar-refractivity contribution is 7.88.